The molecule has 2 heterocycles. The van der Waals surface area contributed by atoms with Crippen LogP contribution in [0.5, 0.6) is 0 Å². The summed E-state index contributed by atoms with van der Waals surface area (Å²) >= 11 is 0. The van der Waals surface area contributed by atoms with Gasteiger partial charge in [0.1, 0.15) is 17.7 Å². The Hall–Kier alpha value is -4.99. The van der Waals surface area contributed by atoms with Crippen molar-refractivity contribution in [3.05, 3.63) is 82.7 Å². The van der Waals surface area contributed by atoms with Crippen LogP contribution in [0.15, 0.2) is 48.8 Å². The fourth-order valence-corrected chi connectivity index (χ4v) is 4.41. The maximum atomic E-state index is 14.5. The van der Waals surface area contributed by atoms with Crippen molar-refractivity contribution < 1.29 is 42.9 Å². The van der Waals surface area contributed by atoms with Crippen LogP contribution in [0.1, 0.15) is 31.8 Å². The van der Waals surface area contributed by atoms with Gasteiger partial charge in [0.25, 0.3) is 5.91 Å². The number of halogens is 2. The highest BCUT2D eigenvalue weighted by molar-refractivity contribution is 5.95. The lowest BCUT2D eigenvalue weighted by molar-refractivity contribution is -0.138. The number of aliphatic carboxylic acids is 1. The van der Waals surface area contributed by atoms with Gasteiger partial charge in [0.15, 0.2) is 0 Å². The van der Waals surface area contributed by atoms with Crippen LogP contribution < -0.4 is 11.1 Å². The number of aryl methyl sites for hydroxylation is 1. The van der Waals surface area contributed by atoms with Gasteiger partial charge in [-0.15, -0.1) is 0 Å². The average molecular weight is 613 g/mol. The van der Waals surface area contributed by atoms with Crippen LogP contribution in [0.3, 0.4) is 0 Å². The number of nitrogens with zero attached hydrogens (tertiary/aromatic N) is 4. The van der Waals surface area contributed by atoms with E-state index in [1.54, 1.807) is 24.1 Å². The van der Waals surface area contributed by atoms with E-state index >= 15 is 0 Å². The summed E-state index contributed by atoms with van der Waals surface area (Å²) in [5.74, 6) is -4.64. The second-order valence-corrected chi connectivity index (χ2v) is 9.85. The molecule has 4 rings (SSSR count). The van der Waals surface area contributed by atoms with Crippen molar-refractivity contribution in [2.24, 2.45) is 12.8 Å². The Balaban J connectivity index is 1.46. The molecule has 0 aliphatic heterocycles. The first-order valence-corrected chi connectivity index (χ1v) is 13.2. The standard InChI is InChI=1S/C29H30F2N6O7/c1-36-12-20(25(34-36)17-6-19(28(39)40)10-23(31)8-17)15-44-4-3-37-13-21(14-43-2)26(35-37)16-5-18(9-22(30)7-16)27(38)33-11-24(32)29(41)42/h5-10,12-13,24H,3-4,11,14-15,32H2,1-2H3,(H,33,38)(H,39,40)(H,41,42)/t24-/m1/s1. The molecule has 0 aliphatic carbocycles. The number of nitrogens with two attached hydrogens (primary N) is 1. The van der Waals surface area contributed by atoms with Gasteiger partial charge in [-0.1, -0.05) is 0 Å². The molecule has 0 saturated heterocycles. The zero-order chi connectivity index (χ0) is 32.0. The third-order valence-corrected chi connectivity index (χ3v) is 6.42. The highest BCUT2D eigenvalue weighted by atomic mass is 19.1. The molecule has 0 radical (unpaired) electrons. The van der Waals surface area contributed by atoms with Crippen molar-refractivity contribution in [2.45, 2.75) is 25.8 Å². The lowest BCUT2D eigenvalue weighted by Gasteiger charge is -2.10. The first-order valence-electron chi connectivity index (χ1n) is 13.2. The van der Waals surface area contributed by atoms with E-state index in [1.807, 2.05) is 0 Å². The van der Waals surface area contributed by atoms with Crippen molar-refractivity contribution in [3.8, 4) is 22.5 Å². The van der Waals surface area contributed by atoms with E-state index in [4.69, 9.17) is 20.3 Å². The zero-order valence-corrected chi connectivity index (χ0v) is 23.8. The van der Waals surface area contributed by atoms with Crippen LogP contribution in [0, 0.1) is 11.6 Å². The van der Waals surface area contributed by atoms with E-state index in [2.05, 4.69) is 15.5 Å². The quantitative estimate of drug-likeness (QED) is 0.154. The van der Waals surface area contributed by atoms with Crippen molar-refractivity contribution in [1.82, 2.24) is 24.9 Å². The molecule has 0 fully saturated rings. The summed E-state index contributed by atoms with van der Waals surface area (Å²) in [5.41, 5.74) is 7.78. The fourth-order valence-electron chi connectivity index (χ4n) is 4.41. The molecule has 1 atom stereocenters. The summed E-state index contributed by atoms with van der Waals surface area (Å²) in [7, 11) is 3.17. The second kappa shape index (κ2) is 14.0. The van der Waals surface area contributed by atoms with Gasteiger partial charge in [-0.3, -0.25) is 19.0 Å². The van der Waals surface area contributed by atoms with Crippen molar-refractivity contribution in [1.29, 1.82) is 0 Å². The molecule has 0 aliphatic rings. The van der Waals surface area contributed by atoms with Gasteiger partial charge in [-0.25, -0.2) is 13.6 Å². The number of nitrogens with one attached hydrogen (secondary N) is 1. The number of carboxylic acid groups (broad SMARTS) is 2. The number of amides is 1. The van der Waals surface area contributed by atoms with Gasteiger partial charge in [-0.2, -0.15) is 10.2 Å². The van der Waals surface area contributed by atoms with E-state index in [0.717, 1.165) is 12.1 Å². The number of carboxylic acids is 2. The molecule has 5 N–H and O–H groups in total. The largest absolute Gasteiger partial charge is 0.480 e. The normalized spacial score (nSPS) is 11.8. The first-order chi connectivity index (χ1) is 20.9. The van der Waals surface area contributed by atoms with E-state index < -0.39 is 35.5 Å². The third kappa shape index (κ3) is 7.89. The maximum Gasteiger partial charge on any atom is 0.335 e. The van der Waals surface area contributed by atoms with Gasteiger partial charge >= 0.3 is 11.9 Å². The molecule has 1 amide bonds. The second-order valence-electron chi connectivity index (χ2n) is 9.85. The van der Waals surface area contributed by atoms with E-state index in [1.165, 1.54) is 36.1 Å². The van der Waals surface area contributed by atoms with Gasteiger partial charge in [-0.05, 0) is 36.4 Å². The summed E-state index contributed by atoms with van der Waals surface area (Å²) in [5, 5.41) is 29.4. The summed E-state index contributed by atoms with van der Waals surface area (Å²) in [6, 6.07) is 5.82. The number of hydrogen-bond donors (Lipinski definition) is 4. The monoisotopic (exact) mass is 612 g/mol. The molecule has 2 aromatic heterocycles. The van der Waals surface area contributed by atoms with Crippen LogP contribution in [0.25, 0.3) is 22.5 Å². The smallest absolute Gasteiger partial charge is 0.335 e. The van der Waals surface area contributed by atoms with E-state index in [9.17, 15) is 28.3 Å². The van der Waals surface area contributed by atoms with E-state index in [0.29, 0.717) is 33.6 Å². The molecule has 0 spiro atoms. The Morgan fingerprint density at radius 3 is 2.18 bits per heavy atom. The number of aromatic carboxylic acids is 1. The Morgan fingerprint density at radius 2 is 1.55 bits per heavy atom. The topological polar surface area (TPSA) is 184 Å². The first kappa shape index (κ1) is 31.9. The zero-order valence-electron chi connectivity index (χ0n) is 23.8. The number of ether oxygens (including phenoxy) is 2. The SMILES string of the molecule is COCc1cn(CCOCc2cn(C)nc2-c2cc(F)cc(C(=O)O)c2)nc1-c1cc(F)cc(C(=O)NC[C@@H](N)C(=O)O)c1. The molecule has 44 heavy (non-hydrogen) atoms. The lowest BCUT2D eigenvalue weighted by Crippen LogP contribution is -2.42. The van der Waals surface area contributed by atoms with Gasteiger partial charge < -0.3 is 30.7 Å². The molecule has 2 aromatic carbocycles. The Kier molecular flexibility index (Phi) is 10.2. The highest BCUT2D eigenvalue weighted by Gasteiger charge is 2.19. The predicted molar refractivity (Wildman–Crippen MR) is 151 cm³/mol. The number of rotatable bonds is 14. The summed E-state index contributed by atoms with van der Waals surface area (Å²) in [6.45, 7) is 0.370. The third-order valence-electron chi connectivity index (χ3n) is 6.42. The van der Waals surface area contributed by atoms with Crippen LogP contribution in [-0.4, -0.2) is 73.9 Å². The molecule has 0 saturated carbocycles. The molecule has 232 valence electrons. The fraction of sp³-hybridized carbons (Fsp3) is 0.276. The Labute approximate surface area is 249 Å². The van der Waals surface area contributed by atoms with Crippen molar-refractivity contribution in [2.75, 3.05) is 20.3 Å². The van der Waals surface area contributed by atoms with Gasteiger partial charge in [0.05, 0.1) is 43.3 Å². The van der Waals surface area contributed by atoms with Crippen LogP contribution in [0.2, 0.25) is 0 Å². The van der Waals surface area contributed by atoms with Crippen molar-refractivity contribution in [3.63, 3.8) is 0 Å². The molecule has 15 heteroatoms. The molecule has 0 unspecified atom stereocenters. The molecular formula is C29H30F2N6O7. The molecule has 0 bridgehead atoms. The number of carbonyl (C=O) groups is 3. The number of aromatic nitrogens is 4. The van der Waals surface area contributed by atoms with Gasteiger partial charge in [0, 0.05) is 60.9 Å². The van der Waals surface area contributed by atoms with Gasteiger partial charge in [0.2, 0.25) is 0 Å². The van der Waals surface area contributed by atoms with Crippen LogP contribution >= 0.6 is 0 Å². The Morgan fingerprint density at radius 1 is 0.932 bits per heavy atom. The molecular weight excluding hydrogens is 582 g/mol. The number of benzene rings is 2. The number of carbonyl (C=O) groups excluding carboxylic acids is 1. The minimum Gasteiger partial charge on any atom is -0.480 e. The molecule has 13 nitrogen and oxygen atoms in total. The number of methoxy groups -OCH3 is 1. The predicted octanol–water partition coefficient (Wildman–Crippen LogP) is 2.43. The minimum absolute atomic E-state index is 0.0418. The summed E-state index contributed by atoms with van der Waals surface area (Å²) in [6.07, 6.45) is 3.39. The number of hydrogen-bond acceptors (Lipinski definition) is 8. The summed E-state index contributed by atoms with van der Waals surface area (Å²) < 4.78 is 42.8. The van der Waals surface area contributed by atoms with Crippen LogP contribution in [0.4, 0.5) is 8.78 Å². The average Bonchev–Trinajstić information content (AvgIpc) is 3.55. The Bertz CT molecular complexity index is 1690. The summed E-state index contributed by atoms with van der Waals surface area (Å²) in [4.78, 5) is 34.8. The van der Waals surface area contributed by atoms with E-state index in [-0.39, 0.29) is 44.0 Å². The van der Waals surface area contributed by atoms with Crippen molar-refractivity contribution >= 4 is 17.8 Å². The minimum atomic E-state index is -1.31. The molecule has 4 aromatic rings. The van der Waals surface area contributed by atoms with Crippen LogP contribution in [-0.2, 0) is 41.1 Å². The highest BCUT2D eigenvalue weighted by Crippen LogP contribution is 2.27. The maximum absolute atomic E-state index is 14.5. The lowest BCUT2D eigenvalue weighted by atomic mass is 10.0.